The highest BCUT2D eigenvalue weighted by molar-refractivity contribution is 9.10. The van der Waals surface area contributed by atoms with Crippen LogP contribution in [-0.2, 0) is 0 Å². The Morgan fingerprint density at radius 2 is 2.14 bits per heavy atom. The van der Waals surface area contributed by atoms with Crippen LogP contribution in [0.4, 0.5) is 0 Å². The van der Waals surface area contributed by atoms with Crippen molar-refractivity contribution >= 4 is 26.8 Å². The largest absolute Gasteiger partial charge is 0.323 e. The Bertz CT molecular complexity index is 468. The summed E-state index contributed by atoms with van der Waals surface area (Å²) in [6, 6.07) is 3.87. The molecule has 4 heteroatoms. The lowest BCUT2D eigenvalue weighted by molar-refractivity contribution is 0.786. The number of fused-ring (bicyclic) bond motifs is 1. The van der Waals surface area contributed by atoms with E-state index >= 15 is 0 Å². The summed E-state index contributed by atoms with van der Waals surface area (Å²) in [7, 11) is 0. The van der Waals surface area contributed by atoms with Crippen LogP contribution in [0.2, 0.25) is 0 Å². The van der Waals surface area contributed by atoms with E-state index in [1.165, 1.54) is 0 Å². The van der Waals surface area contributed by atoms with Crippen LogP contribution in [0.1, 0.15) is 18.7 Å². The number of pyridine rings is 2. The fraction of sp³-hybridized carbons (Fsp3) is 0.200. The first-order chi connectivity index (χ1) is 6.68. The number of aromatic nitrogens is 2. The van der Waals surface area contributed by atoms with Crippen LogP contribution in [-0.4, -0.2) is 9.97 Å². The van der Waals surface area contributed by atoms with E-state index in [1.54, 1.807) is 12.4 Å². The summed E-state index contributed by atoms with van der Waals surface area (Å²) in [4.78, 5) is 8.53. The van der Waals surface area contributed by atoms with Crippen molar-refractivity contribution in [2.75, 3.05) is 0 Å². The Labute approximate surface area is 90.5 Å². The molecule has 0 fully saturated rings. The standard InChI is InChI=1S/C10H10BrN3/c1-6(12)9-3-2-7-4-13-5-8(11)10(7)14-9/h2-6H,12H2,1H3/t6-/m0/s1. The molecule has 0 unspecified atom stereocenters. The molecule has 0 aliphatic rings. The fourth-order valence-corrected chi connectivity index (χ4v) is 1.71. The third-order valence-corrected chi connectivity index (χ3v) is 2.62. The van der Waals surface area contributed by atoms with Gasteiger partial charge < -0.3 is 5.73 Å². The molecular weight excluding hydrogens is 242 g/mol. The Hall–Kier alpha value is -1.00. The molecular formula is C10H10BrN3. The summed E-state index contributed by atoms with van der Waals surface area (Å²) >= 11 is 3.41. The number of rotatable bonds is 1. The van der Waals surface area contributed by atoms with Gasteiger partial charge in [0.1, 0.15) is 0 Å². The highest BCUT2D eigenvalue weighted by Crippen LogP contribution is 2.21. The zero-order chi connectivity index (χ0) is 10.1. The maximum absolute atomic E-state index is 5.76. The molecule has 0 aliphatic carbocycles. The molecule has 3 nitrogen and oxygen atoms in total. The summed E-state index contributed by atoms with van der Waals surface area (Å²) in [6.45, 7) is 1.92. The van der Waals surface area contributed by atoms with E-state index in [0.717, 1.165) is 21.1 Å². The van der Waals surface area contributed by atoms with E-state index in [4.69, 9.17) is 5.73 Å². The molecule has 2 aromatic heterocycles. The summed E-state index contributed by atoms with van der Waals surface area (Å²) in [5.74, 6) is 0. The third-order valence-electron chi connectivity index (χ3n) is 2.04. The molecule has 0 saturated carbocycles. The molecule has 2 aromatic rings. The number of halogens is 1. The molecule has 0 aliphatic heterocycles. The highest BCUT2D eigenvalue weighted by atomic mass is 79.9. The van der Waals surface area contributed by atoms with Crippen molar-refractivity contribution < 1.29 is 0 Å². The number of hydrogen-bond acceptors (Lipinski definition) is 3. The van der Waals surface area contributed by atoms with Gasteiger partial charge in [0.25, 0.3) is 0 Å². The molecule has 2 heterocycles. The lowest BCUT2D eigenvalue weighted by Crippen LogP contribution is -2.07. The van der Waals surface area contributed by atoms with Gasteiger partial charge in [0.15, 0.2) is 0 Å². The van der Waals surface area contributed by atoms with E-state index in [1.807, 2.05) is 19.1 Å². The van der Waals surface area contributed by atoms with Gasteiger partial charge >= 0.3 is 0 Å². The van der Waals surface area contributed by atoms with Crippen molar-refractivity contribution in [3.05, 3.63) is 34.7 Å². The van der Waals surface area contributed by atoms with E-state index in [2.05, 4.69) is 25.9 Å². The summed E-state index contributed by atoms with van der Waals surface area (Å²) in [5.41, 5.74) is 7.57. The van der Waals surface area contributed by atoms with Crippen LogP contribution >= 0.6 is 15.9 Å². The predicted octanol–water partition coefficient (Wildman–Crippen LogP) is 2.41. The lowest BCUT2D eigenvalue weighted by atomic mass is 10.2. The van der Waals surface area contributed by atoms with Crippen LogP contribution < -0.4 is 5.73 Å². The van der Waals surface area contributed by atoms with Gasteiger partial charge in [-0.15, -0.1) is 0 Å². The van der Waals surface area contributed by atoms with Gasteiger partial charge in [-0.25, -0.2) is 4.98 Å². The van der Waals surface area contributed by atoms with Crippen LogP contribution in [0.15, 0.2) is 29.0 Å². The predicted molar refractivity (Wildman–Crippen MR) is 59.8 cm³/mol. The maximum atomic E-state index is 5.76. The second kappa shape index (κ2) is 3.63. The van der Waals surface area contributed by atoms with Gasteiger partial charge in [-0.2, -0.15) is 0 Å². The zero-order valence-corrected chi connectivity index (χ0v) is 9.32. The minimum absolute atomic E-state index is 0.0422. The minimum atomic E-state index is -0.0422. The Morgan fingerprint density at radius 1 is 1.36 bits per heavy atom. The van der Waals surface area contributed by atoms with Crippen molar-refractivity contribution in [1.82, 2.24) is 9.97 Å². The van der Waals surface area contributed by atoms with Crippen molar-refractivity contribution in [3.63, 3.8) is 0 Å². The molecule has 2 rings (SSSR count). The second-order valence-corrected chi connectivity index (χ2v) is 4.07. The quantitative estimate of drug-likeness (QED) is 0.847. The molecule has 0 bridgehead atoms. The minimum Gasteiger partial charge on any atom is -0.323 e. The SMILES string of the molecule is C[C@H](N)c1ccc2cncc(Br)c2n1. The summed E-state index contributed by atoms with van der Waals surface area (Å²) in [6.07, 6.45) is 3.53. The molecule has 2 N–H and O–H groups in total. The normalized spacial score (nSPS) is 13.1. The van der Waals surface area contributed by atoms with Gasteiger partial charge in [-0.1, -0.05) is 0 Å². The zero-order valence-electron chi connectivity index (χ0n) is 7.74. The van der Waals surface area contributed by atoms with Crippen LogP contribution in [0.25, 0.3) is 10.9 Å². The topological polar surface area (TPSA) is 51.8 Å². The van der Waals surface area contributed by atoms with Gasteiger partial charge in [0.05, 0.1) is 15.7 Å². The molecule has 72 valence electrons. The number of nitrogens with zero attached hydrogens (tertiary/aromatic N) is 2. The lowest BCUT2D eigenvalue weighted by Gasteiger charge is -2.06. The molecule has 1 atom stereocenters. The molecule has 0 amide bonds. The summed E-state index contributed by atoms with van der Waals surface area (Å²) in [5, 5.41) is 1.02. The van der Waals surface area contributed by atoms with Crippen LogP contribution in [0.5, 0.6) is 0 Å². The van der Waals surface area contributed by atoms with E-state index < -0.39 is 0 Å². The average Bonchev–Trinajstić information content (AvgIpc) is 2.18. The second-order valence-electron chi connectivity index (χ2n) is 3.22. The van der Waals surface area contributed by atoms with E-state index in [0.29, 0.717) is 0 Å². The Kier molecular flexibility index (Phi) is 2.48. The van der Waals surface area contributed by atoms with E-state index in [9.17, 15) is 0 Å². The molecule has 0 aromatic carbocycles. The smallest absolute Gasteiger partial charge is 0.0879 e. The summed E-state index contributed by atoms with van der Waals surface area (Å²) < 4.78 is 0.900. The monoisotopic (exact) mass is 251 g/mol. The fourth-order valence-electron chi connectivity index (χ4n) is 1.28. The van der Waals surface area contributed by atoms with Gasteiger partial charge in [0.2, 0.25) is 0 Å². The average molecular weight is 252 g/mol. The van der Waals surface area contributed by atoms with Crippen LogP contribution in [0.3, 0.4) is 0 Å². The van der Waals surface area contributed by atoms with Gasteiger partial charge in [-0.05, 0) is 35.0 Å². The molecule has 0 radical (unpaired) electrons. The van der Waals surface area contributed by atoms with Crippen LogP contribution in [0, 0.1) is 0 Å². The molecule has 14 heavy (non-hydrogen) atoms. The first-order valence-corrected chi connectivity index (χ1v) is 5.13. The third kappa shape index (κ3) is 1.63. The van der Waals surface area contributed by atoms with Gasteiger partial charge in [0, 0.05) is 23.8 Å². The first kappa shape index (κ1) is 9.55. The Balaban J connectivity index is 2.70. The van der Waals surface area contributed by atoms with Crippen molar-refractivity contribution in [2.24, 2.45) is 5.73 Å². The number of hydrogen-bond donors (Lipinski definition) is 1. The van der Waals surface area contributed by atoms with E-state index in [-0.39, 0.29) is 6.04 Å². The van der Waals surface area contributed by atoms with Crippen molar-refractivity contribution in [3.8, 4) is 0 Å². The Morgan fingerprint density at radius 3 is 2.86 bits per heavy atom. The van der Waals surface area contributed by atoms with Gasteiger partial charge in [-0.3, -0.25) is 4.98 Å². The van der Waals surface area contributed by atoms with Crippen molar-refractivity contribution in [2.45, 2.75) is 13.0 Å². The molecule has 0 spiro atoms. The van der Waals surface area contributed by atoms with Crippen molar-refractivity contribution in [1.29, 1.82) is 0 Å². The molecule has 0 saturated heterocycles. The first-order valence-electron chi connectivity index (χ1n) is 4.34. The maximum Gasteiger partial charge on any atom is 0.0879 e. The highest BCUT2D eigenvalue weighted by Gasteiger charge is 2.04. The number of nitrogens with two attached hydrogens (primary N) is 1.